The number of carbonyl (C=O) groups excluding carboxylic acids is 2. The highest BCUT2D eigenvalue weighted by molar-refractivity contribution is 6.01. The van der Waals surface area contributed by atoms with Gasteiger partial charge >= 0.3 is 0 Å². The Labute approximate surface area is 118 Å². The van der Waals surface area contributed by atoms with Crippen molar-refractivity contribution in [2.45, 2.75) is 12.8 Å². The van der Waals surface area contributed by atoms with Gasteiger partial charge in [0.2, 0.25) is 5.91 Å². The zero-order valence-electron chi connectivity index (χ0n) is 11.3. The highest BCUT2D eigenvalue weighted by atomic mass is 16.2. The van der Waals surface area contributed by atoms with Gasteiger partial charge in [0, 0.05) is 24.9 Å². The lowest BCUT2D eigenvalue weighted by molar-refractivity contribution is -0.120. The summed E-state index contributed by atoms with van der Waals surface area (Å²) >= 11 is 0. The predicted octanol–water partition coefficient (Wildman–Crippen LogP) is 3.10. The molecule has 3 heteroatoms. The second-order valence-electron chi connectivity index (χ2n) is 4.58. The van der Waals surface area contributed by atoms with Gasteiger partial charge in [-0.25, -0.2) is 0 Å². The van der Waals surface area contributed by atoms with E-state index in [9.17, 15) is 9.59 Å². The monoisotopic (exact) mass is 267 g/mol. The Hall–Kier alpha value is -2.42. The van der Waals surface area contributed by atoms with E-state index in [0.29, 0.717) is 12.1 Å². The lowest BCUT2D eigenvalue weighted by atomic mass is 10.0. The second kappa shape index (κ2) is 6.66. The van der Waals surface area contributed by atoms with Crippen molar-refractivity contribution in [1.82, 2.24) is 5.32 Å². The Balaban J connectivity index is 2.00. The first-order chi connectivity index (χ1) is 9.70. The maximum atomic E-state index is 12.1. The molecule has 0 bridgehead atoms. The molecule has 0 heterocycles. The van der Waals surface area contributed by atoms with Gasteiger partial charge in [0.25, 0.3) is 0 Å². The number of hydrogen-bond donors (Lipinski definition) is 1. The average molecular weight is 267 g/mol. The molecule has 0 aliphatic carbocycles. The number of fused-ring (bicyclic) bond motifs is 1. The van der Waals surface area contributed by atoms with E-state index < -0.39 is 0 Å². The van der Waals surface area contributed by atoms with Crippen molar-refractivity contribution in [2.24, 2.45) is 0 Å². The summed E-state index contributed by atoms with van der Waals surface area (Å²) in [5, 5.41) is 4.80. The molecule has 0 aromatic heterocycles. The summed E-state index contributed by atoms with van der Waals surface area (Å²) in [7, 11) is 0. The third-order valence-electron chi connectivity index (χ3n) is 3.09. The first-order valence-electron chi connectivity index (χ1n) is 6.60. The molecule has 20 heavy (non-hydrogen) atoms. The van der Waals surface area contributed by atoms with Crippen molar-refractivity contribution in [3.05, 3.63) is 60.7 Å². The van der Waals surface area contributed by atoms with E-state index in [1.54, 1.807) is 6.08 Å². The molecule has 0 saturated carbocycles. The fraction of sp³-hybridized carbons (Fsp3) is 0.176. The summed E-state index contributed by atoms with van der Waals surface area (Å²) in [6.07, 6.45) is 2.05. The minimum atomic E-state index is -0.126. The molecule has 2 aromatic carbocycles. The van der Waals surface area contributed by atoms with Crippen LogP contribution in [0, 0.1) is 0 Å². The van der Waals surface area contributed by atoms with Crippen LogP contribution in [0.25, 0.3) is 10.8 Å². The molecule has 0 fully saturated rings. The van der Waals surface area contributed by atoms with Crippen LogP contribution < -0.4 is 5.32 Å². The Morgan fingerprint density at radius 3 is 2.55 bits per heavy atom. The number of rotatable bonds is 6. The largest absolute Gasteiger partial charge is 0.353 e. The number of carbonyl (C=O) groups is 2. The van der Waals surface area contributed by atoms with E-state index in [4.69, 9.17) is 0 Å². The highest BCUT2D eigenvalue weighted by Gasteiger charge is 2.09. The van der Waals surface area contributed by atoms with E-state index in [-0.39, 0.29) is 24.5 Å². The molecule has 1 amide bonds. The summed E-state index contributed by atoms with van der Waals surface area (Å²) < 4.78 is 0. The topological polar surface area (TPSA) is 46.2 Å². The van der Waals surface area contributed by atoms with Crippen LogP contribution in [0.3, 0.4) is 0 Å². The normalized spacial score (nSPS) is 10.2. The average Bonchev–Trinajstić information content (AvgIpc) is 2.50. The van der Waals surface area contributed by atoms with Crippen LogP contribution in [0.2, 0.25) is 0 Å². The van der Waals surface area contributed by atoms with Crippen LogP contribution in [0.1, 0.15) is 23.2 Å². The fourth-order valence-corrected chi connectivity index (χ4v) is 2.01. The van der Waals surface area contributed by atoms with Gasteiger partial charge in [0.05, 0.1) is 0 Å². The molecule has 2 aromatic rings. The standard InChI is InChI=1S/C17H17NO2/c1-2-11-18-17(20)10-9-16(19)15-8-7-13-5-3-4-6-14(13)12-15/h2-8,12H,1,9-11H2,(H,18,20). The Bertz CT molecular complexity index is 646. The number of hydrogen-bond acceptors (Lipinski definition) is 2. The van der Waals surface area contributed by atoms with E-state index in [0.717, 1.165) is 10.8 Å². The summed E-state index contributed by atoms with van der Waals surface area (Å²) in [6, 6.07) is 13.5. The van der Waals surface area contributed by atoms with E-state index in [2.05, 4.69) is 11.9 Å². The zero-order chi connectivity index (χ0) is 14.4. The van der Waals surface area contributed by atoms with Crippen LogP contribution in [0.4, 0.5) is 0 Å². The number of amides is 1. The highest BCUT2D eigenvalue weighted by Crippen LogP contribution is 2.17. The lowest BCUT2D eigenvalue weighted by Crippen LogP contribution is -2.23. The van der Waals surface area contributed by atoms with Crippen molar-refractivity contribution in [1.29, 1.82) is 0 Å². The van der Waals surface area contributed by atoms with Gasteiger partial charge in [-0.2, -0.15) is 0 Å². The zero-order valence-corrected chi connectivity index (χ0v) is 11.3. The quantitative estimate of drug-likeness (QED) is 0.645. The number of ketones is 1. The fourth-order valence-electron chi connectivity index (χ4n) is 2.01. The van der Waals surface area contributed by atoms with Crippen LogP contribution in [-0.4, -0.2) is 18.2 Å². The molecule has 0 saturated heterocycles. The minimum absolute atomic E-state index is 0.00972. The van der Waals surface area contributed by atoms with Crippen molar-refractivity contribution >= 4 is 22.5 Å². The van der Waals surface area contributed by atoms with Gasteiger partial charge in [0.15, 0.2) is 5.78 Å². The molecular formula is C17H17NO2. The van der Waals surface area contributed by atoms with Gasteiger partial charge in [-0.15, -0.1) is 6.58 Å². The minimum Gasteiger partial charge on any atom is -0.353 e. The molecule has 0 spiro atoms. The third-order valence-corrected chi connectivity index (χ3v) is 3.09. The van der Waals surface area contributed by atoms with Gasteiger partial charge in [0.1, 0.15) is 0 Å². The maximum Gasteiger partial charge on any atom is 0.220 e. The molecule has 1 N–H and O–H groups in total. The Morgan fingerprint density at radius 1 is 1.05 bits per heavy atom. The van der Waals surface area contributed by atoms with Gasteiger partial charge in [-0.3, -0.25) is 9.59 Å². The van der Waals surface area contributed by atoms with Crippen molar-refractivity contribution in [2.75, 3.05) is 6.54 Å². The molecule has 0 radical (unpaired) electrons. The first kappa shape index (κ1) is 14.0. The molecule has 0 atom stereocenters. The van der Waals surface area contributed by atoms with Crippen molar-refractivity contribution in [3.63, 3.8) is 0 Å². The molecule has 0 unspecified atom stereocenters. The molecule has 3 nitrogen and oxygen atoms in total. The number of benzene rings is 2. The van der Waals surface area contributed by atoms with Gasteiger partial charge in [-0.05, 0) is 16.8 Å². The second-order valence-corrected chi connectivity index (χ2v) is 4.58. The van der Waals surface area contributed by atoms with E-state index in [1.807, 2.05) is 42.5 Å². The maximum absolute atomic E-state index is 12.1. The molecule has 2 rings (SSSR count). The summed E-state index contributed by atoms with van der Waals surface area (Å²) in [4.78, 5) is 23.5. The third kappa shape index (κ3) is 3.54. The van der Waals surface area contributed by atoms with Crippen molar-refractivity contribution < 1.29 is 9.59 Å². The van der Waals surface area contributed by atoms with Gasteiger partial charge < -0.3 is 5.32 Å². The van der Waals surface area contributed by atoms with E-state index >= 15 is 0 Å². The number of Topliss-reactive ketones (excluding diaryl/α,β-unsaturated/α-hetero) is 1. The summed E-state index contributed by atoms with van der Waals surface area (Å²) in [5.41, 5.74) is 0.653. The van der Waals surface area contributed by atoms with Crippen LogP contribution in [0.5, 0.6) is 0 Å². The molecule has 0 aliphatic heterocycles. The lowest BCUT2D eigenvalue weighted by Gasteiger charge is -2.04. The van der Waals surface area contributed by atoms with Crippen LogP contribution in [-0.2, 0) is 4.79 Å². The Kier molecular flexibility index (Phi) is 4.66. The smallest absolute Gasteiger partial charge is 0.220 e. The molecule has 102 valence electrons. The summed E-state index contributed by atoms with van der Waals surface area (Å²) in [5.74, 6) is -0.136. The van der Waals surface area contributed by atoms with Gasteiger partial charge in [-0.1, -0.05) is 42.5 Å². The molecule has 0 aliphatic rings. The van der Waals surface area contributed by atoms with E-state index in [1.165, 1.54) is 0 Å². The predicted molar refractivity (Wildman–Crippen MR) is 80.7 cm³/mol. The van der Waals surface area contributed by atoms with Crippen molar-refractivity contribution in [3.8, 4) is 0 Å². The van der Waals surface area contributed by atoms with Crippen LogP contribution in [0.15, 0.2) is 55.1 Å². The summed E-state index contributed by atoms with van der Waals surface area (Å²) in [6.45, 7) is 3.96. The Morgan fingerprint density at radius 2 is 1.80 bits per heavy atom. The van der Waals surface area contributed by atoms with Crippen LogP contribution >= 0.6 is 0 Å². The first-order valence-corrected chi connectivity index (χ1v) is 6.60. The SMILES string of the molecule is C=CCNC(=O)CCC(=O)c1ccc2ccccc2c1. The molecular weight excluding hydrogens is 250 g/mol. The number of nitrogens with one attached hydrogen (secondary N) is 1.